The molecule has 2 aromatic carbocycles. The topological polar surface area (TPSA) is 76.3 Å². The molecule has 36 heavy (non-hydrogen) atoms. The van der Waals surface area contributed by atoms with E-state index in [4.69, 9.17) is 28.2 Å². The highest BCUT2D eigenvalue weighted by Crippen LogP contribution is 2.34. The predicted molar refractivity (Wildman–Crippen MR) is 143 cm³/mol. The van der Waals surface area contributed by atoms with E-state index in [2.05, 4.69) is 10.00 Å². The van der Waals surface area contributed by atoms with Crippen LogP contribution in [0.15, 0.2) is 64.7 Å². The van der Waals surface area contributed by atoms with Gasteiger partial charge in [0.05, 0.1) is 17.9 Å². The standard InChI is InChI=1S/C25H22Cl2N6O2S/c26-16-4-6-18(7-5-16)33-23-21(14-28-33)24(35)32-20(15-36-25(32)29-23)13-22(34)31-10-8-30(9-11-31)19-3-1-2-17(27)12-19/h1-7,12,14,20H,8-11,13,15H2. The van der Waals surface area contributed by atoms with Crippen LogP contribution in [0.5, 0.6) is 0 Å². The van der Waals surface area contributed by atoms with Gasteiger partial charge in [-0.3, -0.25) is 14.2 Å². The van der Waals surface area contributed by atoms with Crippen molar-refractivity contribution in [2.75, 3.05) is 36.8 Å². The number of anilines is 1. The lowest BCUT2D eigenvalue weighted by Crippen LogP contribution is -2.49. The number of thioether (sulfide) groups is 1. The van der Waals surface area contributed by atoms with Crippen molar-refractivity contribution in [2.24, 2.45) is 0 Å². The number of halogens is 2. The van der Waals surface area contributed by atoms with Crippen LogP contribution in [-0.2, 0) is 4.79 Å². The summed E-state index contributed by atoms with van der Waals surface area (Å²) >= 11 is 13.6. The number of piperazine rings is 1. The van der Waals surface area contributed by atoms with E-state index in [9.17, 15) is 9.59 Å². The van der Waals surface area contributed by atoms with E-state index in [1.165, 1.54) is 11.8 Å². The first kappa shape index (κ1) is 23.4. The molecule has 1 saturated heterocycles. The molecule has 8 nitrogen and oxygen atoms in total. The molecule has 6 rings (SSSR count). The van der Waals surface area contributed by atoms with Crippen LogP contribution in [0.4, 0.5) is 5.69 Å². The van der Waals surface area contributed by atoms with E-state index in [0.29, 0.717) is 45.1 Å². The Morgan fingerprint density at radius 3 is 2.53 bits per heavy atom. The zero-order chi connectivity index (χ0) is 24.8. The number of fused-ring (bicyclic) bond motifs is 2. The summed E-state index contributed by atoms with van der Waals surface area (Å²) in [5.74, 6) is 0.695. The number of nitrogens with zero attached hydrogens (tertiary/aromatic N) is 6. The lowest BCUT2D eigenvalue weighted by molar-refractivity contribution is -0.132. The van der Waals surface area contributed by atoms with Crippen LogP contribution in [0, 0.1) is 0 Å². The molecular formula is C25H22Cl2N6O2S. The first-order valence-electron chi connectivity index (χ1n) is 11.7. The molecule has 1 fully saturated rings. The van der Waals surface area contributed by atoms with Crippen molar-refractivity contribution in [3.8, 4) is 5.69 Å². The molecule has 0 N–H and O–H groups in total. The summed E-state index contributed by atoms with van der Waals surface area (Å²) < 4.78 is 3.31. The molecule has 0 radical (unpaired) electrons. The second kappa shape index (κ2) is 9.46. The van der Waals surface area contributed by atoms with Crippen LogP contribution in [0.25, 0.3) is 16.7 Å². The highest BCUT2D eigenvalue weighted by atomic mass is 35.5. The van der Waals surface area contributed by atoms with Crippen molar-refractivity contribution >= 4 is 57.6 Å². The molecule has 184 valence electrons. The Morgan fingerprint density at radius 1 is 1.00 bits per heavy atom. The van der Waals surface area contributed by atoms with Crippen LogP contribution in [0.1, 0.15) is 12.5 Å². The van der Waals surface area contributed by atoms with Gasteiger partial charge in [0.2, 0.25) is 5.91 Å². The summed E-state index contributed by atoms with van der Waals surface area (Å²) in [6.07, 6.45) is 1.82. The summed E-state index contributed by atoms with van der Waals surface area (Å²) in [6.45, 7) is 2.76. The number of carbonyl (C=O) groups excluding carboxylic acids is 1. The lowest BCUT2D eigenvalue weighted by atomic mass is 10.1. The second-order valence-electron chi connectivity index (χ2n) is 8.86. The molecule has 0 spiro atoms. The average molecular weight is 541 g/mol. The van der Waals surface area contributed by atoms with Gasteiger partial charge in [-0.15, -0.1) is 0 Å². The Balaban J connectivity index is 1.18. The largest absolute Gasteiger partial charge is 0.368 e. The summed E-state index contributed by atoms with van der Waals surface area (Å²) in [4.78, 5) is 35.4. The minimum Gasteiger partial charge on any atom is -0.368 e. The molecule has 1 atom stereocenters. The van der Waals surface area contributed by atoms with E-state index in [1.807, 2.05) is 41.3 Å². The molecule has 4 heterocycles. The first-order chi connectivity index (χ1) is 17.5. The number of hydrogen-bond donors (Lipinski definition) is 0. The van der Waals surface area contributed by atoms with Gasteiger partial charge in [-0.2, -0.15) is 5.10 Å². The molecule has 2 aromatic heterocycles. The van der Waals surface area contributed by atoms with Crippen LogP contribution >= 0.6 is 35.0 Å². The minimum atomic E-state index is -0.230. The fourth-order valence-electron chi connectivity index (χ4n) is 4.77. The molecule has 0 aliphatic carbocycles. The summed E-state index contributed by atoms with van der Waals surface area (Å²) in [6, 6.07) is 14.8. The number of aromatic nitrogens is 4. The Morgan fingerprint density at radius 2 is 1.78 bits per heavy atom. The molecule has 2 aliphatic rings. The van der Waals surface area contributed by atoms with E-state index >= 15 is 0 Å². The van der Waals surface area contributed by atoms with Crippen molar-refractivity contribution in [3.05, 3.63) is 75.1 Å². The number of amides is 1. The van der Waals surface area contributed by atoms with Crippen LogP contribution < -0.4 is 10.5 Å². The monoisotopic (exact) mass is 540 g/mol. The quantitative estimate of drug-likeness (QED) is 0.359. The predicted octanol–water partition coefficient (Wildman–Crippen LogP) is 4.27. The van der Waals surface area contributed by atoms with Crippen molar-refractivity contribution in [2.45, 2.75) is 17.6 Å². The Labute approximate surface area is 221 Å². The maximum atomic E-state index is 13.4. The molecular weight excluding hydrogens is 519 g/mol. The SMILES string of the molecule is O=C(CC1CSc2nc3c(cnn3-c3ccc(Cl)cc3)c(=O)n21)N1CCN(c2cccc(Cl)c2)CC1. The third-order valence-corrected chi connectivity index (χ3v) is 8.24. The van der Waals surface area contributed by atoms with Gasteiger partial charge in [-0.25, -0.2) is 9.67 Å². The van der Waals surface area contributed by atoms with Gasteiger partial charge in [0.1, 0.15) is 5.39 Å². The number of carbonyl (C=O) groups is 1. The molecule has 11 heteroatoms. The van der Waals surface area contributed by atoms with Crippen molar-refractivity contribution in [1.29, 1.82) is 0 Å². The van der Waals surface area contributed by atoms with Gasteiger partial charge in [-0.1, -0.05) is 41.0 Å². The zero-order valence-corrected chi connectivity index (χ0v) is 21.5. The van der Waals surface area contributed by atoms with E-state index < -0.39 is 0 Å². The first-order valence-corrected chi connectivity index (χ1v) is 13.4. The van der Waals surface area contributed by atoms with Crippen LogP contribution in [0.2, 0.25) is 10.0 Å². The van der Waals surface area contributed by atoms with Crippen molar-refractivity contribution < 1.29 is 4.79 Å². The fourth-order valence-corrected chi connectivity index (χ4v) is 6.21. The Kier molecular flexibility index (Phi) is 6.15. The van der Waals surface area contributed by atoms with Gasteiger partial charge in [0, 0.05) is 54.1 Å². The lowest BCUT2D eigenvalue weighted by Gasteiger charge is -2.36. The maximum Gasteiger partial charge on any atom is 0.265 e. The Hall–Kier alpha value is -3.01. The highest BCUT2D eigenvalue weighted by Gasteiger charge is 2.32. The van der Waals surface area contributed by atoms with Crippen LogP contribution in [-0.4, -0.2) is 62.1 Å². The third kappa shape index (κ3) is 4.25. The normalized spacial score (nSPS) is 17.6. The van der Waals surface area contributed by atoms with E-state index in [0.717, 1.165) is 24.5 Å². The van der Waals surface area contributed by atoms with Gasteiger partial charge in [0.15, 0.2) is 10.8 Å². The molecule has 1 unspecified atom stereocenters. The molecule has 0 saturated carbocycles. The van der Waals surface area contributed by atoms with Crippen molar-refractivity contribution in [3.63, 3.8) is 0 Å². The van der Waals surface area contributed by atoms with Crippen LogP contribution in [0.3, 0.4) is 0 Å². The van der Waals surface area contributed by atoms with E-state index in [1.54, 1.807) is 27.6 Å². The van der Waals surface area contributed by atoms with Gasteiger partial charge in [0.25, 0.3) is 5.56 Å². The maximum absolute atomic E-state index is 13.4. The molecule has 2 aliphatic heterocycles. The fraction of sp³-hybridized carbons (Fsp3) is 0.280. The molecule has 4 aromatic rings. The highest BCUT2D eigenvalue weighted by molar-refractivity contribution is 7.99. The smallest absolute Gasteiger partial charge is 0.265 e. The number of rotatable bonds is 4. The third-order valence-electron chi connectivity index (χ3n) is 6.66. The zero-order valence-electron chi connectivity index (χ0n) is 19.2. The Bertz CT molecular complexity index is 1510. The number of benzene rings is 2. The van der Waals surface area contributed by atoms with Gasteiger partial charge < -0.3 is 9.80 Å². The second-order valence-corrected chi connectivity index (χ2v) is 10.7. The summed E-state index contributed by atoms with van der Waals surface area (Å²) in [5.41, 5.74) is 2.18. The summed E-state index contributed by atoms with van der Waals surface area (Å²) in [5, 5.41) is 6.77. The minimum absolute atomic E-state index is 0.0584. The average Bonchev–Trinajstić information content (AvgIpc) is 3.50. The van der Waals surface area contributed by atoms with Gasteiger partial charge in [-0.05, 0) is 42.5 Å². The van der Waals surface area contributed by atoms with Crippen molar-refractivity contribution in [1.82, 2.24) is 24.2 Å². The van der Waals surface area contributed by atoms with Gasteiger partial charge >= 0.3 is 0 Å². The summed E-state index contributed by atoms with van der Waals surface area (Å²) in [7, 11) is 0. The van der Waals surface area contributed by atoms with E-state index in [-0.39, 0.29) is 23.9 Å². The number of hydrogen-bond acceptors (Lipinski definition) is 6. The molecule has 1 amide bonds. The molecule has 0 bridgehead atoms.